The van der Waals surface area contributed by atoms with Crippen LogP contribution in [-0.2, 0) is 9.53 Å². The minimum absolute atomic E-state index is 0.124. The Balaban J connectivity index is 2.44. The van der Waals surface area contributed by atoms with Crippen molar-refractivity contribution in [2.75, 3.05) is 12.0 Å². The van der Waals surface area contributed by atoms with E-state index < -0.39 is 6.09 Å². The highest BCUT2D eigenvalue weighted by molar-refractivity contribution is 5.90. The molecule has 2 rings (SSSR count). The molecule has 0 fully saturated rings. The number of nitrogens with one attached hydrogen (secondary N) is 1. The van der Waals surface area contributed by atoms with Crippen molar-refractivity contribution >= 4 is 17.7 Å². The average Bonchev–Trinajstić information content (AvgIpc) is 2.45. The summed E-state index contributed by atoms with van der Waals surface area (Å²) in [5.41, 5.74) is 1.24. The molecule has 1 aromatic rings. The van der Waals surface area contributed by atoms with Crippen LogP contribution in [0.3, 0.4) is 0 Å². The van der Waals surface area contributed by atoms with Gasteiger partial charge in [0.2, 0.25) is 11.8 Å². The van der Waals surface area contributed by atoms with Crippen LogP contribution in [0.25, 0.3) is 0 Å². The van der Waals surface area contributed by atoms with Gasteiger partial charge in [0.05, 0.1) is 30.6 Å². The van der Waals surface area contributed by atoms with E-state index in [-0.39, 0.29) is 24.1 Å². The van der Waals surface area contributed by atoms with Crippen molar-refractivity contribution < 1.29 is 19.1 Å². The maximum Gasteiger partial charge on any atom is 0.414 e. The van der Waals surface area contributed by atoms with Gasteiger partial charge in [0.25, 0.3) is 0 Å². The number of ether oxygens (including phenoxy) is 2. The van der Waals surface area contributed by atoms with Gasteiger partial charge in [0.1, 0.15) is 0 Å². The normalized spacial score (nSPS) is 20.0. The lowest BCUT2D eigenvalue weighted by Crippen LogP contribution is -2.47. The van der Waals surface area contributed by atoms with Gasteiger partial charge in [-0.2, -0.15) is 0 Å². The van der Waals surface area contributed by atoms with Gasteiger partial charge >= 0.3 is 6.09 Å². The molecule has 0 saturated heterocycles. The number of carbonyl (C=O) groups is 2. The number of anilines is 1. The van der Waals surface area contributed by atoms with Gasteiger partial charge in [0.15, 0.2) is 0 Å². The Bertz CT molecular complexity index is 603. The second-order valence-corrected chi connectivity index (χ2v) is 5.90. The van der Waals surface area contributed by atoms with Crippen LogP contribution in [0.2, 0.25) is 0 Å². The molecule has 1 aromatic heterocycles. The second kappa shape index (κ2) is 6.85. The molecule has 2 atom stereocenters. The van der Waals surface area contributed by atoms with E-state index in [2.05, 4.69) is 10.3 Å². The van der Waals surface area contributed by atoms with E-state index in [0.717, 1.165) is 0 Å². The highest BCUT2D eigenvalue weighted by atomic mass is 16.6. The largest absolute Gasteiger partial charge is 0.481 e. The molecule has 0 aromatic carbocycles. The van der Waals surface area contributed by atoms with Crippen LogP contribution in [0.15, 0.2) is 12.1 Å². The highest BCUT2D eigenvalue weighted by Crippen LogP contribution is 2.37. The van der Waals surface area contributed by atoms with Gasteiger partial charge in [-0.15, -0.1) is 0 Å². The van der Waals surface area contributed by atoms with E-state index in [1.165, 1.54) is 14.0 Å². The fourth-order valence-electron chi connectivity index (χ4n) is 2.73. The number of aromatic nitrogens is 1. The number of amides is 2. The summed E-state index contributed by atoms with van der Waals surface area (Å²) in [6, 6.07) is 3.07. The molecular weight excluding hydrogens is 298 g/mol. The third-order valence-corrected chi connectivity index (χ3v) is 3.60. The van der Waals surface area contributed by atoms with Crippen molar-refractivity contribution in [3.63, 3.8) is 0 Å². The number of fused-ring (bicyclic) bond motifs is 1. The van der Waals surface area contributed by atoms with Gasteiger partial charge < -0.3 is 14.8 Å². The first-order valence-electron chi connectivity index (χ1n) is 7.65. The topological polar surface area (TPSA) is 80.8 Å². The fourth-order valence-corrected chi connectivity index (χ4v) is 2.73. The summed E-state index contributed by atoms with van der Waals surface area (Å²) < 4.78 is 10.5. The van der Waals surface area contributed by atoms with Crippen LogP contribution in [0.1, 0.15) is 45.9 Å². The predicted molar refractivity (Wildman–Crippen MR) is 85.5 cm³/mol. The molecule has 0 bridgehead atoms. The minimum atomic E-state index is -0.415. The Kier molecular flexibility index (Phi) is 5.08. The summed E-state index contributed by atoms with van der Waals surface area (Å²) in [5, 5.41) is 2.88. The Hall–Kier alpha value is -2.31. The molecule has 2 heterocycles. The van der Waals surface area contributed by atoms with Crippen LogP contribution >= 0.6 is 0 Å². The molecule has 7 nitrogen and oxygen atoms in total. The molecule has 1 aliphatic heterocycles. The van der Waals surface area contributed by atoms with Crippen LogP contribution in [-0.4, -0.2) is 36.2 Å². The molecule has 1 aliphatic rings. The van der Waals surface area contributed by atoms with Crippen molar-refractivity contribution in [1.29, 1.82) is 0 Å². The summed E-state index contributed by atoms with van der Waals surface area (Å²) in [6.07, 6.45) is -0.0700. The molecule has 2 amide bonds. The lowest BCUT2D eigenvalue weighted by atomic mass is 9.96. The summed E-state index contributed by atoms with van der Waals surface area (Å²) in [5.74, 6) is 0.293. The zero-order valence-electron chi connectivity index (χ0n) is 14.1. The first-order valence-corrected chi connectivity index (χ1v) is 7.65. The quantitative estimate of drug-likeness (QED) is 0.924. The van der Waals surface area contributed by atoms with Crippen molar-refractivity contribution in [2.24, 2.45) is 0 Å². The molecule has 0 saturated carbocycles. The Morgan fingerprint density at radius 2 is 2.09 bits per heavy atom. The van der Waals surface area contributed by atoms with E-state index >= 15 is 0 Å². The summed E-state index contributed by atoms with van der Waals surface area (Å²) in [7, 11) is 1.53. The van der Waals surface area contributed by atoms with Crippen LogP contribution < -0.4 is 15.0 Å². The zero-order chi connectivity index (χ0) is 17.1. The maximum atomic E-state index is 12.4. The molecule has 0 aliphatic carbocycles. The van der Waals surface area contributed by atoms with Gasteiger partial charge in [0, 0.05) is 19.0 Å². The predicted octanol–water partition coefficient (Wildman–Crippen LogP) is 2.41. The highest BCUT2D eigenvalue weighted by Gasteiger charge is 2.36. The van der Waals surface area contributed by atoms with E-state index in [4.69, 9.17) is 9.47 Å². The van der Waals surface area contributed by atoms with Crippen molar-refractivity contribution in [1.82, 2.24) is 10.3 Å². The Labute approximate surface area is 136 Å². The molecule has 0 radical (unpaired) electrons. The van der Waals surface area contributed by atoms with Crippen molar-refractivity contribution in [3.8, 4) is 5.88 Å². The van der Waals surface area contributed by atoms with Gasteiger partial charge in [-0.25, -0.2) is 9.78 Å². The minimum Gasteiger partial charge on any atom is -0.481 e. The number of methoxy groups -OCH3 is 1. The number of nitrogens with zero attached hydrogens (tertiary/aromatic N) is 2. The maximum absolute atomic E-state index is 12.4. The number of pyridine rings is 1. The molecular formula is C16H23N3O4. The molecule has 23 heavy (non-hydrogen) atoms. The molecule has 0 spiro atoms. The van der Waals surface area contributed by atoms with Gasteiger partial charge in [-0.1, -0.05) is 0 Å². The molecule has 0 unspecified atom stereocenters. The van der Waals surface area contributed by atoms with E-state index in [0.29, 0.717) is 23.7 Å². The fraction of sp³-hybridized carbons (Fsp3) is 0.562. The first-order chi connectivity index (χ1) is 10.8. The average molecular weight is 321 g/mol. The summed E-state index contributed by atoms with van der Waals surface area (Å²) in [6.45, 7) is 6.99. The smallest absolute Gasteiger partial charge is 0.414 e. The zero-order valence-corrected chi connectivity index (χ0v) is 14.1. The van der Waals surface area contributed by atoms with E-state index in [9.17, 15) is 9.59 Å². The Morgan fingerprint density at radius 3 is 2.65 bits per heavy atom. The van der Waals surface area contributed by atoms with Crippen molar-refractivity contribution in [3.05, 3.63) is 17.8 Å². The Morgan fingerprint density at radius 1 is 1.39 bits per heavy atom. The monoisotopic (exact) mass is 321 g/mol. The van der Waals surface area contributed by atoms with Crippen LogP contribution in [0.4, 0.5) is 10.5 Å². The van der Waals surface area contributed by atoms with Gasteiger partial charge in [-0.05, 0) is 33.3 Å². The van der Waals surface area contributed by atoms with E-state index in [1.807, 2.05) is 6.92 Å². The number of hydrogen-bond acceptors (Lipinski definition) is 5. The molecule has 1 N–H and O–H groups in total. The summed E-state index contributed by atoms with van der Waals surface area (Å²) >= 11 is 0. The van der Waals surface area contributed by atoms with E-state index in [1.54, 1.807) is 30.9 Å². The molecule has 7 heteroatoms. The number of carbonyl (C=O) groups excluding carboxylic acids is 2. The third-order valence-electron chi connectivity index (χ3n) is 3.60. The summed E-state index contributed by atoms with van der Waals surface area (Å²) in [4.78, 5) is 29.9. The van der Waals surface area contributed by atoms with Gasteiger partial charge in [-0.3, -0.25) is 9.69 Å². The lowest BCUT2D eigenvalue weighted by molar-refractivity contribution is -0.119. The van der Waals surface area contributed by atoms with Crippen molar-refractivity contribution in [2.45, 2.75) is 52.3 Å². The number of hydrogen-bond donors (Lipinski definition) is 1. The lowest BCUT2D eigenvalue weighted by Gasteiger charge is -2.38. The standard InChI is InChI=1S/C16H23N3O4/c1-9(2)23-16(21)19-10(3)8-12(17-11(4)20)15-13(19)6-7-14(18-15)22-5/h6-7,9-10,12H,8H2,1-5H3,(H,17,20)/t10-,12+/m0/s1. The first kappa shape index (κ1) is 17.1. The number of rotatable bonds is 3. The van der Waals surface area contributed by atoms with Crippen LogP contribution in [0.5, 0.6) is 5.88 Å². The molecule has 126 valence electrons. The SMILES string of the molecule is COc1ccc2c(n1)[C@H](NC(C)=O)C[C@H](C)N2C(=O)OC(C)C. The second-order valence-electron chi connectivity index (χ2n) is 5.90. The van der Waals surface area contributed by atoms with Crippen LogP contribution in [0, 0.1) is 0 Å². The third kappa shape index (κ3) is 3.72.